The van der Waals surface area contributed by atoms with Crippen LogP contribution in [0.25, 0.3) is 34.0 Å². The SMILES string of the molecule is COc1ccc(-c2cc(-c3ccc(OC)cc3)n(B(OCC(F)(F)C(F)(F)F)OCC(F)(F)C(F)(F)F)c2/C=C2\N=C(c3ccc(C(C)(C)C)cc3)C=C2c2ccc(C(C)(C)C)cc2)cc1. The molecule has 0 saturated heterocycles. The minimum Gasteiger partial charge on any atom is -0.497 e. The predicted molar refractivity (Wildman–Crippen MR) is 236 cm³/mol. The summed E-state index contributed by atoms with van der Waals surface area (Å²) in [7, 11) is 0.0281. The Labute approximate surface area is 376 Å². The Morgan fingerprint density at radius 3 is 1.36 bits per heavy atom. The average Bonchev–Trinajstić information content (AvgIpc) is 3.84. The number of rotatable bonds is 14. The highest BCUT2D eigenvalue weighted by Gasteiger charge is 2.60. The molecule has 1 aromatic heterocycles. The van der Waals surface area contributed by atoms with E-state index < -0.39 is 44.7 Å². The van der Waals surface area contributed by atoms with Gasteiger partial charge >= 0.3 is 31.5 Å². The predicted octanol–water partition coefficient (Wildman–Crippen LogP) is 13.6. The summed E-state index contributed by atoms with van der Waals surface area (Å²) < 4.78 is 162. The normalized spacial score (nSPS) is 14.7. The Morgan fingerprint density at radius 1 is 0.545 bits per heavy atom. The molecule has 0 saturated carbocycles. The van der Waals surface area contributed by atoms with Gasteiger partial charge in [-0.05, 0) is 93.3 Å². The van der Waals surface area contributed by atoms with E-state index in [4.69, 9.17) is 23.8 Å². The first kappa shape index (κ1) is 49.6. The first-order valence-electron chi connectivity index (χ1n) is 20.5. The fraction of sp³-hybridized carbons (Fsp3) is 0.327. The number of nitrogens with zero attached hydrogens (tertiary/aromatic N) is 2. The van der Waals surface area contributed by atoms with Crippen LogP contribution in [0, 0.1) is 0 Å². The van der Waals surface area contributed by atoms with E-state index in [1.165, 1.54) is 50.6 Å². The molecule has 0 aliphatic carbocycles. The lowest BCUT2D eigenvalue weighted by molar-refractivity contribution is -0.295. The summed E-state index contributed by atoms with van der Waals surface area (Å²) in [5.41, 5.74) is 4.64. The number of alkyl halides is 10. The number of ether oxygens (including phenoxy) is 2. The summed E-state index contributed by atoms with van der Waals surface area (Å²) in [6.45, 7) is 7.23. The lowest BCUT2D eigenvalue weighted by atomic mass is 9.86. The molecule has 4 aromatic carbocycles. The van der Waals surface area contributed by atoms with E-state index in [-0.39, 0.29) is 39.0 Å². The molecule has 17 heteroatoms. The minimum absolute atomic E-state index is 0.106. The van der Waals surface area contributed by atoms with Crippen molar-refractivity contribution in [3.8, 4) is 33.9 Å². The number of allylic oxidation sites excluding steroid dienone is 2. The second kappa shape index (κ2) is 18.5. The van der Waals surface area contributed by atoms with E-state index in [0.29, 0.717) is 39.5 Å². The number of hydrogen-bond acceptors (Lipinski definition) is 5. The van der Waals surface area contributed by atoms with Gasteiger partial charge in [0.25, 0.3) is 0 Å². The van der Waals surface area contributed by atoms with Crippen LogP contribution < -0.4 is 9.47 Å². The van der Waals surface area contributed by atoms with Gasteiger partial charge in [-0.15, -0.1) is 0 Å². The second-order valence-corrected chi connectivity index (χ2v) is 17.7. The summed E-state index contributed by atoms with van der Waals surface area (Å²) in [6.07, 6.45) is -9.18. The molecule has 1 aliphatic heterocycles. The number of aromatic nitrogens is 1. The standard InChI is InChI=1S/C49H47BF10N2O4/c1-44(2,3)34-17-9-30(10-18-34)38-25-40(32-11-19-35(20-12-32)45(4,5)6)61-41(38)27-43-39(31-13-21-36(63-7)22-14-31)26-42(33-15-23-37(64-8)24-16-33)62(43)50(65-28-46(51,52)48(55,56)57)66-29-47(53,54)49(58,59)60/h9-27H,28-29H2,1-8H3/b41-27-. The molecule has 66 heavy (non-hydrogen) atoms. The van der Waals surface area contributed by atoms with Gasteiger partial charge in [-0.2, -0.15) is 43.9 Å². The third kappa shape index (κ3) is 10.9. The lowest BCUT2D eigenvalue weighted by Crippen LogP contribution is -2.48. The van der Waals surface area contributed by atoms with Crippen molar-refractivity contribution in [2.24, 2.45) is 4.99 Å². The average molecular weight is 929 g/mol. The first-order chi connectivity index (χ1) is 30.6. The fourth-order valence-corrected chi connectivity index (χ4v) is 6.96. The van der Waals surface area contributed by atoms with Crippen LogP contribution in [0.2, 0.25) is 0 Å². The molecule has 1 aliphatic rings. The van der Waals surface area contributed by atoms with Crippen molar-refractivity contribution >= 4 is 24.6 Å². The van der Waals surface area contributed by atoms with Crippen LogP contribution in [0.3, 0.4) is 0 Å². The van der Waals surface area contributed by atoms with Gasteiger partial charge in [-0.3, -0.25) is 0 Å². The largest absolute Gasteiger partial charge is 0.598 e. The van der Waals surface area contributed by atoms with Gasteiger partial charge in [0.2, 0.25) is 0 Å². The fourth-order valence-electron chi connectivity index (χ4n) is 6.96. The van der Waals surface area contributed by atoms with Crippen LogP contribution >= 0.6 is 0 Å². The maximum Gasteiger partial charge on any atom is 0.598 e. The molecule has 0 amide bonds. The summed E-state index contributed by atoms with van der Waals surface area (Å²) in [4.78, 5) is 4.99. The Hall–Kier alpha value is -5.81. The van der Waals surface area contributed by atoms with E-state index in [1.54, 1.807) is 30.3 Å². The molecule has 0 bridgehead atoms. The molecule has 0 radical (unpaired) electrons. The Morgan fingerprint density at radius 2 is 0.955 bits per heavy atom. The second-order valence-electron chi connectivity index (χ2n) is 17.7. The molecule has 0 spiro atoms. The molecule has 0 fully saturated rings. The molecule has 350 valence electrons. The van der Waals surface area contributed by atoms with Crippen LogP contribution in [-0.2, 0) is 20.1 Å². The van der Waals surface area contributed by atoms with Crippen molar-refractivity contribution in [2.45, 2.75) is 76.6 Å². The van der Waals surface area contributed by atoms with Crippen molar-refractivity contribution in [1.29, 1.82) is 0 Å². The quantitative estimate of drug-likeness (QED) is 0.0822. The van der Waals surface area contributed by atoms with Crippen LogP contribution in [0.15, 0.2) is 120 Å². The number of hydrogen-bond donors (Lipinski definition) is 0. The van der Waals surface area contributed by atoms with Gasteiger partial charge < -0.3 is 23.3 Å². The maximum atomic E-state index is 14.7. The summed E-state index contributed by atoms with van der Waals surface area (Å²) in [6, 6.07) is 28.9. The van der Waals surface area contributed by atoms with Gasteiger partial charge in [0.15, 0.2) is 0 Å². The summed E-state index contributed by atoms with van der Waals surface area (Å²) >= 11 is 0. The van der Waals surface area contributed by atoms with E-state index in [1.807, 2.05) is 69.3 Å². The Bertz CT molecular complexity index is 2550. The zero-order valence-electron chi connectivity index (χ0n) is 37.3. The summed E-state index contributed by atoms with van der Waals surface area (Å²) in [5, 5.41) is 0. The topological polar surface area (TPSA) is 54.2 Å². The molecule has 2 heterocycles. The third-order valence-corrected chi connectivity index (χ3v) is 10.9. The maximum absolute atomic E-state index is 14.7. The molecule has 0 N–H and O–H groups in total. The Kier molecular flexibility index (Phi) is 13.9. The van der Waals surface area contributed by atoms with Gasteiger partial charge in [0.05, 0.1) is 25.6 Å². The van der Waals surface area contributed by atoms with Crippen molar-refractivity contribution < 1.29 is 62.7 Å². The number of aliphatic imine (C=N–C) groups is 1. The summed E-state index contributed by atoms with van der Waals surface area (Å²) in [5.74, 6) is -10.5. The molecular weight excluding hydrogens is 881 g/mol. The van der Waals surface area contributed by atoms with Crippen LogP contribution in [0.1, 0.15) is 69.5 Å². The number of methoxy groups -OCH3 is 2. The smallest absolute Gasteiger partial charge is 0.497 e. The van der Waals surface area contributed by atoms with E-state index in [0.717, 1.165) is 15.6 Å². The zero-order valence-corrected chi connectivity index (χ0v) is 37.3. The van der Waals surface area contributed by atoms with Gasteiger partial charge in [-0.1, -0.05) is 102 Å². The third-order valence-electron chi connectivity index (χ3n) is 10.9. The molecular formula is C49H47BF10N2O4. The van der Waals surface area contributed by atoms with Crippen LogP contribution in [0.5, 0.6) is 11.5 Å². The lowest BCUT2D eigenvalue weighted by Gasteiger charge is -2.26. The minimum atomic E-state index is -6.20. The highest BCUT2D eigenvalue weighted by Crippen LogP contribution is 2.42. The molecule has 6 nitrogen and oxygen atoms in total. The number of halogens is 10. The number of benzene rings is 4. The molecule has 6 rings (SSSR count). The van der Waals surface area contributed by atoms with Gasteiger partial charge in [0, 0.05) is 28.1 Å². The molecule has 5 aromatic rings. The van der Waals surface area contributed by atoms with Crippen LogP contribution in [-0.4, -0.2) is 69.1 Å². The van der Waals surface area contributed by atoms with Crippen molar-refractivity contribution in [3.05, 3.63) is 143 Å². The van der Waals surface area contributed by atoms with Crippen molar-refractivity contribution in [3.63, 3.8) is 0 Å². The van der Waals surface area contributed by atoms with Crippen molar-refractivity contribution in [2.75, 3.05) is 27.4 Å². The van der Waals surface area contributed by atoms with E-state index in [2.05, 4.69) is 20.8 Å². The highest BCUT2D eigenvalue weighted by atomic mass is 19.4. The van der Waals surface area contributed by atoms with Gasteiger partial charge in [0.1, 0.15) is 24.7 Å². The monoisotopic (exact) mass is 928 g/mol. The van der Waals surface area contributed by atoms with E-state index >= 15 is 0 Å². The zero-order chi connectivity index (χ0) is 48.6. The highest BCUT2D eigenvalue weighted by molar-refractivity contribution is 6.44. The molecule has 0 atom stereocenters. The Balaban J connectivity index is 1.69. The first-order valence-corrected chi connectivity index (χ1v) is 20.5. The van der Waals surface area contributed by atoms with Crippen molar-refractivity contribution in [1.82, 2.24) is 4.48 Å². The van der Waals surface area contributed by atoms with Gasteiger partial charge in [-0.25, -0.2) is 4.99 Å². The molecule has 0 unspecified atom stereocenters. The van der Waals surface area contributed by atoms with E-state index in [9.17, 15) is 43.9 Å². The van der Waals surface area contributed by atoms with Crippen LogP contribution in [0.4, 0.5) is 43.9 Å².